The first kappa shape index (κ1) is 21.5. The number of piperidine rings is 1. The lowest BCUT2D eigenvalue weighted by Gasteiger charge is -2.35. The van der Waals surface area contributed by atoms with Crippen LogP contribution in [0, 0.1) is 0 Å². The van der Waals surface area contributed by atoms with E-state index in [1.54, 1.807) is 18.2 Å². The maximum atomic E-state index is 12.5. The van der Waals surface area contributed by atoms with Crippen LogP contribution in [0.1, 0.15) is 62.6 Å². The minimum atomic E-state index is -0.696. The largest absolute Gasteiger partial charge is 0.323 e. The third-order valence-corrected chi connectivity index (χ3v) is 5.81. The van der Waals surface area contributed by atoms with Gasteiger partial charge >= 0.3 is 0 Å². The van der Waals surface area contributed by atoms with Crippen LogP contribution in [-0.2, 0) is 19.8 Å². The third-order valence-electron chi connectivity index (χ3n) is 5.81. The van der Waals surface area contributed by atoms with E-state index in [4.69, 9.17) is 0 Å². The van der Waals surface area contributed by atoms with Gasteiger partial charge in [0.15, 0.2) is 0 Å². The fraction of sp³-hybridized carbons (Fsp3) is 0.320. The zero-order valence-electron chi connectivity index (χ0n) is 17.7. The molecular weight excluding hydrogens is 376 g/mol. The molecule has 1 atom stereocenters. The molecule has 0 radical (unpaired) electrons. The van der Waals surface area contributed by atoms with Gasteiger partial charge in [0.2, 0.25) is 17.7 Å². The Hall–Kier alpha value is -3.21. The van der Waals surface area contributed by atoms with E-state index in [1.807, 2.05) is 31.2 Å². The fourth-order valence-electron chi connectivity index (χ4n) is 3.79. The molecule has 3 amide bonds. The predicted octanol–water partition coefficient (Wildman–Crippen LogP) is 4.55. The number of nitrogens with one attached hydrogen (secondary N) is 2. The van der Waals surface area contributed by atoms with Gasteiger partial charge in [0.25, 0.3) is 0 Å². The average molecular weight is 405 g/mol. The van der Waals surface area contributed by atoms with Crippen LogP contribution in [0.5, 0.6) is 0 Å². The van der Waals surface area contributed by atoms with Crippen molar-refractivity contribution < 1.29 is 14.4 Å². The lowest BCUT2D eigenvalue weighted by Crippen LogP contribution is -2.51. The van der Waals surface area contributed by atoms with E-state index in [0.29, 0.717) is 30.9 Å². The summed E-state index contributed by atoms with van der Waals surface area (Å²) < 4.78 is 0. The number of amides is 3. The van der Waals surface area contributed by atoms with Crippen LogP contribution in [0.25, 0.3) is 6.08 Å². The summed E-state index contributed by atoms with van der Waals surface area (Å²) in [4.78, 5) is 36.3. The summed E-state index contributed by atoms with van der Waals surface area (Å²) in [6, 6.07) is 15.4. The zero-order valence-corrected chi connectivity index (χ0v) is 17.7. The Kier molecular flexibility index (Phi) is 6.50. The Balaban J connectivity index is 1.65. The highest BCUT2D eigenvalue weighted by Gasteiger charge is 2.42. The van der Waals surface area contributed by atoms with Crippen LogP contribution in [0.2, 0.25) is 0 Å². The molecule has 1 aliphatic rings. The van der Waals surface area contributed by atoms with Crippen molar-refractivity contribution in [1.82, 2.24) is 5.32 Å². The molecule has 2 aromatic rings. The van der Waals surface area contributed by atoms with Crippen LogP contribution in [-0.4, -0.2) is 17.7 Å². The smallest absolute Gasteiger partial charge is 0.248 e. The first-order chi connectivity index (χ1) is 14.3. The van der Waals surface area contributed by atoms with Crippen LogP contribution < -0.4 is 10.6 Å². The number of rotatable bonds is 6. The summed E-state index contributed by atoms with van der Waals surface area (Å²) in [6.45, 7) is 6.24. The Morgan fingerprint density at radius 2 is 1.77 bits per heavy atom. The van der Waals surface area contributed by atoms with E-state index in [2.05, 4.69) is 36.6 Å². The predicted molar refractivity (Wildman–Crippen MR) is 119 cm³/mol. The minimum Gasteiger partial charge on any atom is -0.323 e. The van der Waals surface area contributed by atoms with Crippen molar-refractivity contribution in [2.45, 2.75) is 51.4 Å². The third kappa shape index (κ3) is 4.67. The highest BCUT2D eigenvalue weighted by Crippen LogP contribution is 2.36. The number of anilines is 1. The molecule has 1 fully saturated rings. The van der Waals surface area contributed by atoms with Gasteiger partial charge in [-0.15, -0.1) is 0 Å². The summed E-state index contributed by atoms with van der Waals surface area (Å²) in [6.07, 6.45) is 4.73. The van der Waals surface area contributed by atoms with Crippen LogP contribution in [0.15, 0.2) is 54.6 Å². The van der Waals surface area contributed by atoms with E-state index in [0.717, 1.165) is 11.1 Å². The molecule has 2 N–H and O–H groups in total. The molecule has 2 aromatic carbocycles. The second-order valence-electron chi connectivity index (χ2n) is 8.03. The average Bonchev–Trinajstić information content (AvgIpc) is 2.74. The van der Waals surface area contributed by atoms with Gasteiger partial charge in [-0.1, -0.05) is 57.2 Å². The maximum absolute atomic E-state index is 12.5. The molecule has 1 saturated heterocycles. The van der Waals surface area contributed by atoms with Crippen LogP contribution in [0.4, 0.5) is 5.69 Å². The van der Waals surface area contributed by atoms with Crippen molar-refractivity contribution in [3.8, 4) is 0 Å². The van der Waals surface area contributed by atoms with E-state index in [-0.39, 0.29) is 17.7 Å². The Labute approximate surface area is 177 Å². The quantitative estimate of drug-likeness (QED) is 0.548. The fourth-order valence-corrected chi connectivity index (χ4v) is 3.79. The van der Waals surface area contributed by atoms with Crippen molar-refractivity contribution in [3.05, 3.63) is 71.3 Å². The normalized spacial score (nSPS) is 19.2. The lowest BCUT2D eigenvalue weighted by molar-refractivity contribution is -0.138. The Morgan fingerprint density at radius 1 is 1.10 bits per heavy atom. The first-order valence-electron chi connectivity index (χ1n) is 10.4. The van der Waals surface area contributed by atoms with Crippen molar-refractivity contribution >= 4 is 29.5 Å². The molecular formula is C25H28N2O3. The molecule has 30 heavy (non-hydrogen) atoms. The standard InChI is InChI=1S/C25H28N2O3/c1-4-25(16-15-23(29)27-24(25)30)20-10-12-21(13-11-20)26-22(28)14-7-18-5-8-19(9-6-18)17(2)3/h5-14,17H,4,15-16H2,1-3H3,(H,26,28)(H,27,29,30)/b14-7+. The van der Waals surface area contributed by atoms with Crippen molar-refractivity contribution in [2.75, 3.05) is 5.32 Å². The number of benzene rings is 2. The molecule has 1 heterocycles. The minimum absolute atomic E-state index is 0.220. The van der Waals surface area contributed by atoms with Gasteiger partial charge in [-0.3, -0.25) is 19.7 Å². The summed E-state index contributed by atoms with van der Waals surface area (Å²) in [7, 11) is 0. The van der Waals surface area contributed by atoms with Crippen LogP contribution in [0.3, 0.4) is 0 Å². The lowest BCUT2D eigenvalue weighted by atomic mass is 9.72. The van der Waals surface area contributed by atoms with E-state index in [1.165, 1.54) is 11.6 Å². The number of hydrogen-bond donors (Lipinski definition) is 2. The second kappa shape index (κ2) is 9.08. The number of carbonyl (C=O) groups excluding carboxylic acids is 3. The van der Waals surface area contributed by atoms with Crippen LogP contribution >= 0.6 is 0 Å². The van der Waals surface area contributed by atoms with Gasteiger partial charge in [0.05, 0.1) is 5.41 Å². The number of hydrogen-bond acceptors (Lipinski definition) is 3. The van der Waals surface area contributed by atoms with Gasteiger partial charge in [-0.25, -0.2) is 0 Å². The van der Waals surface area contributed by atoms with E-state index < -0.39 is 5.41 Å². The highest BCUT2D eigenvalue weighted by molar-refractivity contribution is 6.04. The van der Waals surface area contributed by atoms with Crippen molar-refractivity contribution in [3.63, 3.8) is 0 Å². The first-order valence-corrected chi connectivity index (χ1v) is 10.4. The van der Waals surface area contributed by atoms with Gasteiger partial charge in [-0.2, -0.15) is 0 Å². The summed E-state index contributed by atoms with van der Waals surface area (Å²) in [5.74, 6) is -0.216. The van der Waals surface area contributed by atoms with Crippen molar-refractivity contribution in [1.29, 1.82) is 0 Å². The van der Waals surface area contributed by atoms with E-state index >= 15 is 0 Å². The molecule has 0 bridgehead atoms. The highest BCUT2D eigenvalue weighted by atomic mass is 16.2. The molecule has 0 aliphatic carbocycles. The molecule has 0 saturated carbocycles. The molecule has 5 heteroatoms. The van der Waals surface area contributed by atoms with Crippen molar-refractivity contribution in [2.24, 2.45) is 0 Å². The molecule has 1 unspecified atom stereocenters. The topological polar surface area (TPSA) is 75.3 Å². The molecule has 156 valence electrons. The van der Waals surface area contributed by atoms with Gasteiger partial charge in [0.1, 0.15) is 0 Å². The van der Waals surface area contributed by atoms with Gasteiger partial charge in [0, 0.05) is 18.2 Å². The summed E-state index contributed by atoms with van der Waals surface area (Å²) >= 11 is 0. The monoisotopic (exact) mass is 404 g/mol. The molecule has 0 aromatic heterocycles. The summed E-state index contributed by atoms with van der Waals surface area (Å²) in [5.41, 5.74) is 3.04. The number of imide groups is 1. The van der Waals surface area contributed by atoms with Gasteiger partial charge in [-0.05, 0) is 53.7 Å². The van der Waals surface area contributed by atoms with Gasteiger partial charge < -0.3 is 5.32 Å². The number of carbonyl (C=O) groups is 3. The molecule has 1 aliphatic heterocycles. The Bertz CT molecular complexity index is 959. The Morgan fingerprint density at radius 3 is 2.33 bits per heavy atom. The van der Waals surface area contributed by atoms with E-state index in [9.17, 15) is 14.4 Å². The summed E-state index contributed by atoms with van der Waals surface area (Å²) in [5, 5.41) is 5.29. The zero-order chi connectivity index (χ0) is 21.7. The molecule has 3 rings (SSSR count). The maximum Gasteiger partial charge on any atom is 0.248 e. The SMILES string of the molecule is CCC1(c2ccc(NC(=O)/C=C/c3ccc(C(C)C)cc3)cc2)CCC(=O)NC1=O. The second-order valence-corrected chi connectivity index (χ2v) is 8.03. The molecule has 5 nitrogen and oxygen atoms in total. The molecule has 0 spiro atoms.